The van der Waals surface area contributed by atoms with Crippen molar-refractivity contribution in [3.8, 4) is 23.1 Å². The van der Waals surface area contributed by atoms with E-state index < -0.39 is 5.97 Å². The lowest BCUT2D eigenvalue weighted by Gasteiger charge is -2.34. The Morgan fingerprint density at radius 2 is 2.05 bits per heavy atom. The zero-order valence-electron chi connectivity index (χ0n) is 22.4. The molecule has 2 fully saturated rings. The van der Waals surface area contributed by atoms with Crippen molar-refractivity contribution in [2.45, 2.75) is 33.4 Å². The summed E-state index contributed by atoms with van der Waals surface area (Å²) in [6, 6.07) is 14.4. The number of hydrogen-bond acceptors (Lipinski definition) is 8. The average molecular weight is 547 g/mol. The zero-order valence-corrected chi connectivity index (χ0v) is 23.2. The van der Waals surface area contributed by atoms with Crippen LogP contribution in [0.2, 0.25) is 0 Å². The van der Waals surface area contributed by atoms with Gasteiger partial charge in [-0.15, -0.1) is 11.3 Å². The SMILES string of the molecule is Cc1ccc(OCc2ccc(CN3CCOCC3)cc2C#N)c(-c2csc(N3CC[C@H](C(=O)O)[C@H](C)C3)n2)c1. The minimum atomic E-state index is -0.713. The van der Waals surface area contributed by atoms with Gasteiger partial charge >= 0.3 is 5.97 Å². The Labute approximate surface area is 233 Å². The number of thiazole rings is 1. The maximum Gasteiger partial charge on any atom is 0.306 e. The van der Waals surface area contributed by atoms with Gasteiger partial charge in [-0.1, -0.05) is 30.7 Å². The lowest BCUT2D eigenvalue weighted by molar-refractivity contribution is -0.144. The number of piperidine rings is 1. The molecule has 0 spiro atoms. The van der Waals surface area contributed by atoms with Crippen molar-refractivity contribution in [1.29, 1.82) is 5.26 Å². The highest BCUT2D eigenvalue weighted by Gasteiger charge is 2.32. The number of aryl methyl sites for hydroxylation is 1. The Hall–Kier alpha value is -3.45. The summed E-state index contributed by atoms with van der Waals surface area (Å²) in [7, 11) is 0. The zero-order chi connectivity index (χ0) is 27.4. The third-order valence-electron chi connectivity index (χ3n) is 7.58. The van der Waals surface area contributed by atoms with Gasteiger partial charge in [-0.3, -0.25) is 9.69 Å². The number of hydrogen-bond donors (Lipinski definition) is 1. The Morgan fingerprint density at radius 1 is 1.23 bits per heavy atom. The number of carboxylic acids is 1. The molecule has 2 aliphatic rings. The van der Waals surface area contributed by atoms with Gasteiger partial charge in [0.25, 0.3) is 0 Å². The lowest BCUT2D eigenvalue weighted by Crippen LogP contribution is -2.42. The molecule has 5 rings (SSSR count). The molecule has 204 valence electrons. The van der Waals surface area contributed by atoms with Crippen LogP contribution in [-0.2, 0) is 22.7 Å². The molecule has 9 heteroatoms. The van der Waals surface area contributed by atoms with Crippen LogP contribution in [0.15, 0.2) is 41.8 Å². The molecule has 1 N–H and O–H groups in total. The van der Waals surface area contributed by atoms with Crippen molar-refractivity contribution in [3.63, 3.8) is 0 Å². The van der Waals surface area contributed by atoms with E-state index in [1.807, 2.05) is 43.5 Å². The van der Waals surface area contributed by atoms with Crippen LogP contribution in [0.1, 0.15) is 35.6 Å². The van der Waals surface area contributed by atoms with Crippen molar-refractivity contribution < 1.29 is 19.4 Å². The molecule has 3 aromatic rings. The monoisotopic (exact) mass is 546 g/mol. The van der Waals surface area contributed by atoms with Gasteiger partial charge in [0.1, 0.15) is 12.4 Å². The molecule has 0 amide bonds. The first kappa shape index (κ1) is 27.1. The van der Waals surface area contributed by atoms with Crippen LogP contribution in [0.3, 0.4) is 0 Å². The fourth-order valence-corrected chi connectivity index (χ4v) is 6.18. The first-order valence-corrected chi connectivity index (χ1v) is 14.3. The molecule has 0 unspecified atom stereocenters. The van der Waals surface area contributed by atoms with Crippen LogP contribution in [0.4, 0.5) is 5.13 Å². The first-order chi connectivity index (χ1) is 18.9. The molecule has 8 nitrogen and oxygen atoms in total. The number of anilines is 1. The Bertz CT molecular complexity index is 1360. The Morgan fingerprint density at radius 3 is 2.79 bits per heavy atom. The normalized spacial score (nSPS) is 20.0. The van der Waals surface area contributed by atoms with E-state index in [-0.39, 0.29) is 18.4 Å². The topological polar surface area (TPSA) is 98.9 Å². The van der Waals surface area contributed by atoms with Gasteiger partial charge in [0, 0.05) is 49.2 Å². The maximum atomic E-state index is 11.5. The summed E-state index contributed by atoms with van der Waals surface area (Å²) in [6.45, 7) is 9.80. The third kappa shape index (κ3) is 6.41. The molecule has 0 radical (unpaired) electrons. The maximum absolute atomic E-state index is 11.5. The van der Waals surface area contributed by atoms with Crippen molar-refractivity contribution in [2.24, 2.45) is 11.8 Å². The summed E-state index contributed by atoms with van der Waals surface area (Å²) in [5.74, 6) is -0.230. The second-order valence-electron chi connectivity index (χ2n) is 10.5. The van der Waals surface area contributed by atoms with Crippen molar-refractivity contribution in [2.75, 3.05) is 44.3 Å². The molecule has 0 aliphatic carbocycles. The van der Waals surface area contributed by atoms with E-state index in [9.17, 15) is 15.2 Å². The number of carbonyl (C=O) groups is 1. The number of nitriles is 1. The van der Waals surface area contributed by atoms with Gasteiger partial charge < -0.3 is 19.5 Å². The molecule has 39 heavy (non-hydrogen) atoms. The summed E-state index contributed by atoms with van der Waals surface area (Å²) in [5, 5.41) is 22.2. The van der Waals surface area contributed by atoms with Crippen molar-refractivity contribution in [3.05, 3.63) is 64.0 Å². The molecule has 2 aliphatic heterocycles. The first-order valence-electron chi connectivity index (χ1n) is 13.4. The number of aliphatic carboxylic acids is 1. The number of ether oxygens (including phenoxy) is 2. The number of morpholine rings is 1. The molecule has 2 saturated heterocycles. The van der Waals surface area contributed by atoms with Crippen molar-refractivity contribution >= 4 is 22.4 Å². The average Bonchev–Trinajstić information content (AvgIpc) is 3.43. The third-order valence-corrected chi connectivity index (χ3v) is 8.49. The fourth-order valence-electron chi connectivity index (χ4n) is 5.31. The largest absolute Gasteiger partial charge is 0.488 e. The van der Waals surface area contributed by atoms with E-state index >= 15 is 0 Å². The highest BCUT2D eigenvalue weighted by molar-refractivity contribution is 7.14. The van der Waals surface area contributed by atoms with E-state index in [2.05, 4.69) is 28.0 Å². The van der Waals surface area contributed by atoms with E-state index in [4.69, 9.17) is 14.5 Å². The second kappa shape index (κ2) is 12.2. The quantitative estimate of drug-likeness (QED) is 0.424. The molecule has 1 aromatic heterocycles. The fraction of sp³-hybridized carbons (Fsp3) is 0.433. The van der Waals surface area contributed by atoms with Gasteiger partial charge in [0.2, 0.25) is 0 Å². The second-order valence-corrected chi connectivity index (χ2v) is 11.3. The summed E-state index contributed by atoms with van der Waals surface area (Å²) >= 11 is 1.57. The van der Waals surface area contributed by atoms with Gasteiger partial charge in [-0.25, -0.2) is 4.98 Å². The smallest absolute Gasteiger partial charge is 0.306 e. The summed E-state index contributed by atoms with van der Waals surface area (Å²) in [4.78, 5) is 20.9. The minimum Gasteiger partial charge on any atom is -0.488 e. The summed E-state index contributed by atoms with van der Waals surface area (Å²) < 4.78 is 11.7. The van der Waals surface area contributed by atoms with Gasteiger partial charge in [0.05, 0.1) is 36.5 Å². The number of nitrogens with zero attached hydrogens (tertiary/aromatic N) is 4. The lowest BCUT2D eigenvalue weighted by atomic mass is 9.87. The Balaban J connectivity index is 1.29. The highest BCUT2D eigenvalue weighted by Crippen LogP contribution is 2.36. The van der Waals surface area contributed by atoms with E-state index in [0.29, 0.717) is 25.1 Å². The molecule has 2 atom stereocenters. The minimum absolute atomic E-state index is 0.0658. The number of carboxylic acid groups (broad SMARTS) is 1. The highest BCUT2D eigenvalue weighted by atomic mass is 32.1. The van der Waals surface area contributed by atoms with Gasteiger partial charge in [-0.05, 0) is 43.0 Å². The predicted octanol–water partition coefficient (Wildman–Crippen LogP) is 4.95. The molecule has 3 heterocycles. The van der Waals surface area contributed by atoms with Gasteiger partial charge in [0.15, 0.2) is 5.13 Å². The number of aromatic nitrogens is 1. The van der Waals surface area contributed by atoms with Crippen LogP contribution in [0.25, 0.3) is 11.3 Å². The van der Waals surface area contributed by atoms with E-state index in [1.54, 1.807) is 11.3 Å². The standard InChI is InChI=1S/C30H34N4O4S/c1-20-3-6-28(38-18-23-5-4-22(14-24(23)15-31)17-33-9-11-37-12-10-33)26(13-20)27-19-39-30(32-27)34-8-7-25(29(35)36)21(2)16-34/h3-6,13-14,19,21,25H,7-12,16-18H2,1-2H3,(H,35,36)/t21-,25+/m1/s1. The number of rotatable bonds is 8. The molecule has 0 saturated carbocycles. The van der Waals surface area contributed by atoms with Crippen LogP contribution in [0, 0.1) is 30.1 Å². The molecule has 0 bridgehead atoms. The van der Waals surface area contributed by atoms with Crippen LogP contribution in [0.5, 0.6) is 5.75 Å². The van der Waals surface area contributed by atoms with Crippen LogP contribution >= 0.6 is 11.3 Å². The van der Waals surface area contributed by atoms with E-state index in [0.717, 1.165) is 71.7 Å². The number of benzene rings is 2. The van der Waals surface area contributed by atoms with Crippen LogP contribution in [-0.4, -0.2) is 60.4 Å². The summed E-state index contributed by atoms with van der Waals surface area (Å²) in [5.41, 5.74) is 5.45. The molecular weight excluding hydrogens is 512 g/mol. The molecular formula is C30H34N4O4S. The van der Waals surface area contributed by atoms with Gasteiger partial charge in [-0.2, -0.15) is 5.26 Å². The van der Waals surface area contributed by atoms with Crippen LogP contribution < -0.4 is 9.64 Å². The van der Waals surface area contributed by atoms with Crippen molar-refractivity contribution in [1.82, 2.24) is 9.88 Å². The summed E-state index contributed by atoms with van der Waals surface area (Å²) in [6.07, 6.45) is 0.622. The van der Waals surface area contributed by atoms with E-state index in [1.165, 1.54) is 0 Å². The Kier molecular flexibility index (Phi) is 8.46. The molecule has 2 aromatic carbocycles. The predicted molar refractivity (Wildman–Crippen MR) is 151 cm³/mol.